The number of fused-ring (bicyclic) bond motifs is 2. The van der Waals surface area contributed by atoms with Crippen LogP contribution in [0, 0.1) is 0 Å². The molecule has 6 nitrogen and oxygen atoms in total. The summed E-state index contributed by atoms with van der Waals surface area (Å²) in [6.07, 6.45) is 1.79. The number of carbonyl (C=O) groups excluding carboxylic acids is 2. The number of hydrogen-bond acceptors (Lipinski definition) is 3. The summed E-state index contributed by atoms with van der Waals surface area (Å²) < 4.78 is 0. The van der Waals surface area contributed by atoms with Crippen LogP contribution < -0.4 is 16.8 Å². The van der Waals surface area contributed by atoms with Crippen molar-refractivity contribution in [1.29, 1.82) is 0 Å². The minimum absolute atomic E-state index is 0.0556. The molecule has 0 fully saturated rings. The maximum Gasteiger partial charge on any atom is 0.267 e. The molecule has 2 aromatic carbocycles. The Bertz CT molecular complexity index is 958. The lowest BCUT2D eigenvalue weighted by Crippen LogP contribution is -2.35. The van der Waals surface area contributed by atoms with Crippen LogP contribution in [0.1, 0.15) is 21.6 Å². The predicted molar refractivity (Wildman–Crippen MR) is 107 cm³/mol. The smallest absolute Gasteiger partial charge is 0.267 e. The number of H-pyrrole nitrogens is 1. The van der Waals surface area contributed by atoms with Crippen LogP contribution in [0.4, 0.5) is 0 Å². The van der Waals surface area contributed by atoms with Gasteiger partial charge in [-0.15, -0.1) is 0 Å². The molecule has 1 aliphatic rings. The van der Waals surface area contributed by atoms with Gasteiger partial charge in [0.25, 0.3) is 5.91 Å². The first kappa shape index (κ1) is 18.9. The van der Waals surface area contributed by atoms with Crippen LogP contribution >= 0.6 is 11.6 Å². The van der Waals surface area contributed by atoms with E-state index in [0.717, 1.165) is 23.7 Å². The molecule has 140 valence electrons. The zero-order valence-electron chi connectivity index (χ0n) is 14.7. The largest absolute Gasteiger partial charge is 0.369 e. The SMILES string of the molecule is NCC(N)=O.O=C(NC1Cc2ccccc2C1)c1cc2cc(Cl)ccc2[nH]1. The molecule has 4 rings (SSSR count). The number of nitrogens with one attached hydrogen (secondary N) is 2. The number of hydrogen-bond donors (Lipinski definition) is 4. The standard InChI is InChI=1S/C18H15ClN2O.C2H6N2O/c19-14-5-6-16-13(7-14)10-17(21-16)18(22)20-15-8-11-3-1-2-4-12(11)9-15;3-1-2(4)5/h1-7,10,15,21H,8-9H2,(H,20,22);1,3H2,(H2,4,5). The molecule has 6 N–H and O–H groups in total. The second-order valence-electron chi connectivity index (χ2n) is 6.43. The monoisotopic (exact) mass is 384 g/mol. The summed E-state index contributed by atoms with van der Waals surface area (Å²) in [5, 5.41) is 4.74. The number of aromatic amines is 1. The molecule has 0 radical (unpaired) electrons. The summed E-state index contributed by atoms with van der Waals surface area (Å²) in [6, 6.07) is 15.9. The van der Waals surface area contributed by atoms with Gasteiger partial charge < -0.3 is 21.8 Å². The van der Waals surface area contributed by atoms with Crippen molar-refractivity contribution in [2.45, 2.75) is 18.9 Å². The van der Waals surface area contributed by atoms with Crippen LogP contribution in [0.25, 0.3) is 10.9 Å². The first-order valence-electron chi connectivity index (χ1n) is 8.60. The topological polar surface area (TPSA) is 114 Å². The summed E-state index contributed by atoms with van der Waals surface area (Å²) in [5.41, 5.74) is 13.4. The van der Waals surface area contributed by atoms with Gasteiger partial charge in [0.15, 0.2) is 0 Å². The van der Waals surface area contributed by atoms with E-state index in [0.29, 0.717) is 10.7 Å². The first-order chi connectivity index (χ1) is 13.0. The van der Waals surface area contributed by atoms with Crippen molar-refractivity contribution in [1.82, 2.24) is 10.3 Å². The van der Waals surface area contributed by atoms with E-state index in [1.165, 1.54) is 11.1 Å². The quantitative estimate of drug-likeness (QED) is 0.554. The molecule has 1 aromatic heterocycles. The number of nitrogens with two attached hydrogens (primary N) is 2. The fraction of sp³-hybridized carbons (Fsp3) is 0.200. The Morgan fingerprint density at radius 1 is 1.11 bits per heavy atom. The van der Waals surface area contributed by atoms with E-state index in [2.05, 4.69) is 28.2 Å². The van der Waals surface area contributed by atoms with Crippen molar-refractivity contribution >= 4 is 34.3 Å². The third-order valence-electron chi connectivity index (χ3n) is 4.41. The van der Waals surface area contributed by atoms with E-state index in [4.69, 9.17) is 17.3 Å². The van der Waals surface area contributed by atoms with Gasteiger partial charge in [-0.2, -0.15) is 0 Å². The molecule has 0 saturated carbocycles. The van der Waals surface area contributed by atoms with Gasteiger partial charge >= 0.3 is 0 Å². The average Bonchev–Trinajstić information content (AvgIpc) is 3.24. The van der Waals surface area contributed by atoms with Gasteiger partial charge in [0.2, 0.25) is 5.91 Å². The normalized spacial score (nSPS) is 13.0. The van der Waals surface area contributed by atoms with E-state index in [9.17, 15) is 9.59 Å². The van der Waals surface area contributed by atoms with Crippen LogP contribution in [0.3, 0.4) is 0 Å². The fourth-order valence-corrected chi connectivity index (χ4v) is 3.33. The van der Waals surface area contributed by atoms with E-state index >= 15 is 0 Å². The van der Waals surface area contributed by atoms with Gasteiger partial charge in [0, 0.05) is 22.0 Å². The van der Waals surface area contributed by atoms with Crippen molar-refractivity contribution in [3.8, 4) is 0 Å². The number of carbonyl (C=O) groups is 2. The zero-order valence-corrected chi connectivity index (χ0v) is 15.4. The Balaban J connectivity index is 0.000000376. The van der Waals surface area contributed by atoms with Crippen molar-refractivity contribution in [2.24, 2.45) is 11.5 Å². The van der Waals surface area contributed by atoms with E-state index < -0.39 is 5.91 Å². The van der Waals surface area contributed by atoms with Crippen LogP contribution in [-0.2, 0) is 17.6 Å². The lowest BCUT2D eigenvalue weighted by atomic mass is 10.1. The molecule has 0 unspecified atom stereocenters. The lowest BCUT2D eigenvalue weighted by molar-refractivity contribution is -0.116. The minimum Gasteiger partial charge on any atom is -0.369 e. The maximum atomic E-state index is 12.4. The molecule has 2 amide bonds. The summed E-state index contributed by atoms with van der Waals surface area (Å²) in [4.78, 5) is 25.0. The van der Waals surface area contributed by atoms with Gasteiger partial charge in [-0.05, 0) is 48.2 Å². The van der Waals surface area contributed by atoms with Gasteiger partial charge in [-0.25, -0.2) is 0 Å². The fourth-order valence-electron chi connectivity index (χ4n) is 3.15. The van der Waals surface area contributed by atoms with Crippen molar-refractivity contribution in [3.63, 3.8) is 0 Å². The highest BCUT2D eigenvalue weighted by Crippen LogP contribution is 2.23. The molecule has 0 atom stereocenters. The molecular weight excluding hydrogens is 364 g/mol. The van der Waals surface area contributed by atoms with Crippen LogP contribution in [-0.4, -0.2) is 29.4 Å². The van der Waals surface area contributed by atoms with Gasteiger partial charge in [-0.1, -0.05) is 35.9 Å². The summed E-state index contributed by atoms with van der Waals surface area (Å²) in [7, 11) is 0. The van der Waals surface area contributed by atoms with Gasteiger partial charge in [0.1, 0.15) is 5.69 Å². The minimum atomic E-state index is -0.468. The highest BCUT2D eigenvalue weighted by atomic mass is 35.5. The Morgan fingerprint density at radius 3 is 2.33 bits per heavy atom. The number of amides is 2. The maximum absolute atomic E-state index is 12.4. The second kappa shape index (κ2) is 8.24. The van der Waals surface area contributed by atoms with E-state index in [1.807, 2.05) is 36.4 Å². The average molecular weight is 385 g/mol. The zero-order chi connectivity index (χ0) is 19.4. The number of primary amides is 1. The van der Waals surface area contributed by atoms with Gasteiger partial charge in [0.05, 0.1) is 6.54 Å². The Morgan fingerprint density at radius 2 is 1.74 bits per heavy atom. The number of aromatic nitrogens is 1. The first-order valence-corrected chi connectivity index (χ1v) is 8.98. The third-order valence-corrected chi connectivity index (χ3v) is 4.65. The van der Waals surface area contributed by atoms with Crippen molar-refractivity contribution < 1.29 is 9.59 Å². The van der Waals surface area contributed by atoms with Crippen LogP contribution in [0.15, 0.2) is 48.5 Å². The van der Waals surface area contributed by atoms with Crippen LogP contribution in [0.5, 0.6) is 0 Å². The van der Waals surface area contributed by atoms with Crippen molar-refractivity contribution in [2.75, 3.05) is 6.54 Å². The molecule has 0 aliphatic heterocycles. The Kier molecular flexibility index (Phi) is 5.78. The van der Waals surface area contributed by atoms with Gasteiger partial charge in [-0.3, -0.25) is 9.59 Å². The van der Waals surface area contributed by atoms with Crippen LogP contribution in [0.2, 0.25) is 5.02 Å². The molecule has 27 heavy (non-hydrogen) atoms. The van der Waals surface area contributed by atoms with E-state index in [-0.39, 0.29) is 18.5 Å². The van der Waals surface area contributed by atoms with E-state index in [1.54, 1.807) is 0 Å². The van der Waals surface area contributed by atoms with Crippen molar-refractivity contribution in [3.05, 3.63) is 70.4 Å². The summed E-state index contributed by atoms with van der Waals surface area (Å²) in [6.45, 7) is -0.0556. The highest BCUT2D eigenvalue weighted by molar-refractivity contribution is 6.31. The Hall–Kier alpha value is -2.83. The predicted octanol–water partition coefficient (Wildman–Crippen LogP) is 2.15. The number of rotatable bonds is 3. The summed E-state index contributed by atoms with van der Waals surface area (Å²) in [5.74, 6) is -0.532. The molecule has 1 aliphatic carbocycles. The molecule has 3 aromatic rings. The molecule has 0 spiro atoms. The lowest BCUT2D eigenvalue weighted by Gasteiger charge is -2.10. The molecule has 1 heterocycles. The third kappa shape index (κ3) is 4.67. The number of benzene rings is 2. The molecular formula is C20H21ClN4O2. The second-order valence-corrected chi connectivity index (χ2v) is 6.87. The number of halogens is 1. The molecule has 0 bridgehead atoms. The molecule has 0 saturated heterocycles. The molecule has 7 heteroatoms. The Labute approximate surface area is 161 Å². The highest BCUT2D eigenvalue weighted by Gasteiger charge is 2.23. The summed E-state index contributed by atoms with van der Waals surface area (Å²) >= 11 is 5.98.